The molecule has 0 bridgehead atoms. The predicted octanol–water partition coefficient (Wildman–Crippen LogP) is 2.00. The number of imidazole rings is 1. The maximum atomic E-state index is 11.2. The van der Waals surface area contributed by atoms with Crippen LogP contribution in [-0.2, 0) is 13.6 Å². The molecule has 2 N–H and O–H groups in total. The van der Waals surface area contributed by atoms with Crippen molar-refractivity contribution in [2.45, 2.75) is 6.54 Å². The maximum Gasteiger partial charge on any atom is 0.417 e. The van der Waals surface area contributed by atoms with Gasteiger partial charge in [-0.25, -0.2) is 9.78 Å². The van der Waals surface area contributed by atoms with E-state index in [1.807, 2.05) is 36.9 Å². The quantitative estimate of drug-likeness (QED) is 0.767. The molecule has 3 aromatic rings. The molecule has 0 aliphatic carbocycles. The predicted molar refractivity (Wildman–Crippen MR) is 79.5 cm³/mol. The third-order valence-electron chi connectivity index (χ3n) is 3.17. The van der Waals surface area contributed by atoms with Gasteiger partial charge in [-0.2, -0.15) is 0 Å². The van der Waals surface area contributed by atoms with E-state index in [1.54, 1.807) is 0 Å². The smallest absolute Gasteiger partial charge is 0.408 e. The van der Waals surface area contributed by atoms with Crippen molar-refractivity contribution in [2.24, 2.45) is 7.05 Å². The number of nitrogens with zero attached hydrogens (tertiary/aromatic N) is 2. The number of H-pyrrole nitrogens is 1. The summed E-state index contributed by atoms with van der Waals surface area (Å²) in [5.41, 5.74) is 3.11. The van der Waals surface area contributed by atoms with Crippen LogP contribution >= 0.6 is 15.9 Å². The van der Waals surface area contributed by atoms with Gasteiger partial charge < -0.3 is 14.3 Å². The average molecular weight is 337 g/mol. The molecule has 7 heteroatoms. The van der Waals surface area contributed by atoms with Crippen molar-refractivity contribution in [3.8, 4) is 11.3 Å². The molecule has 0 saturated heterocycles. The highest BCUT2D eigenvalue weighted by molar-refractivity contribution is 9.10. The van der Waals surface area contributed by atoms with Crippen LogP contribution in [0.15, 0.2) is 32.0 Å². The summed E-state index contributed by atoms with van der Waals surface area (Å²) in [4.78, 5) is 18.3. The Morgan fingerprint density at radius 3 is 3.05 bits per heavy atom. The molecule has 1 aromatic carbocycles. The van der Waals surface area contributed by atoms with Gasteiger partial charge in [-0.3, -0.25) is 4.98 Å². The first kappa shape index (κ1) is 13.1. The van der Waals surface area contributed by atoms with Crippen LogP contribution < -0.4 is 11.1 Å². The van der Waals surface area contributed by atoms with Gasteiger partial charge in [0.2, 0.25) is 0 Å². The third-order valence-corrected chi connectivity index (χ3v) is 3.73. The van der Waals surface area contributed by atoms with E-state index in [0.29, 0.717) is 17.6 Å². The lowest BCUT2D eigenvalue weighted by Crippen LogP contribution is -2.10. The first-order valence-electron chi connectivity index (χ1n) is 6.09. The topological polar surface area (TPSA) is 75.8 Å². The largest absolute Gasteiger partial charge is 0.417 e. The minimum atomic E-state index is -0.447. The fourth-order valence-corrected chi connectivity index (χ4v) is 2.93. The average Bonchev–Trinajstić information content (AvgIpc) is 2.89. The van der Waals surface area contributed by atoms with Crippen molar-refractivity contribution in [3.63, 3.8) is 0 Å². The zero-order valence-corrected chi connectivity index (χ0v) is 12.6. The van der Waals surface area contributed by atoms with Crippen molar-refractivity contribution in [2.75, 3.05) is 7.05 Å². The highest BCUT2D eigenvalue weighted by atomic mass is 79.9. The molecule has 0 aliphatic rings. The fourth-order valence-electron chi connectivity index (χ4n) is 2.23. The van der Waals surface area contributed by atoms with E-state index in [0.717, 1.165) is 21.7 Å². The van der Waals surface area contributed by atoms with E-state index in [9.17, 15) is 4.79 Å². The highest BCUT2D eigenvalue weighted by Gasteiger charge is 2.15. The lowest BCUT2D eigenvalue weighted by molar-refractivity contribution is 0.555. The van der Waals surface area contributed by atoms with Crippen LogP contribution in [0.2, 0.25) is 0 Å². The van der Waals surface area contributed by atoms with E-state index in [2.05, 4.69) is 31.2 Å². The fraction of sp³-hybridized carbons (Fsp3) is 0.231. The number of aromatic nitrogens is 3. The van der Waals surface area contributed by atoms with Gasteiger partial charge in [0.25, 0.3) is 0 Å². The maximum absolute atomic E-state index is 11.2. The summed E-state index contributed by atoms with van der Waals surface area (Å²) in [7, 11) is 3.83. The van der Waals surface area contributed by atoms with Gasteiger partial charge >= 0.3 is 5.76 Å². The van der Waals surface area contributed by atoms with Gasteiger partial charge in [-0.1, -0.05) is 6.07 Å². The van der Waals surface area contributed by atoms with Crippen LogP contribution in [0.1, 0.15) is 5.82 Å². The summed E-state index contributed by atoms with van der Waals surface area (Å²) < 4.78 is 7.87. The zero-order valence-electron chi connectivity index (χ0n) is 11.0. The molecule has 0 spiro atoms. The van der Waals surface area contributed by atoms with Gasteiger partial charge in [0.15, 0.2) is 5.58 Å². The van der Waals surface area contributed by atoms with Crippen molar-refractivity contribution in [3.05, 3.63) is 39.2 Å². The Morgan fingerprint density at radius 2 is 2.30 bits per heavy atom. The van der Waals surface area contributed by atoms with E-state index in [-0.39, 0.29) is 0 Å². The molecule has 2 aromatic heterocycles. The van der Waals surface area contributed by atoms with Crippen molar-refractivity contribution in [1.82, 2.24) is 19.9 Å². The molecule has 0 unspecified atom stereocenters. The minimum absolute atomic E-state index is 0.447. The molecular formula is C13H13BrN4O2. The summed E-state index contributed by atoms with van der Waals surface area (Å²) in [5, 5.41) is 3.08. The Hall–Kier alpha value is -1.86. The number of fused-ring (bicyclic) bond motifs is 1. The van der Waals surface area contributed by atoms with Crippen LogP contribution in [0, 0.1) is 0 Å². The molecule has 0 radical (unpaired) electrons. The number of oxazole rings is 1. The number of aromatic amines is 1. The zero-order chi connectivity index (χ0) is 14.3. The molecule has 0 saturated carbocycles. The molecule has 0 atom stereocenters. The van der Waals surface area contributed by atoms with Crippen molar-refractivity contribution >= 4 is 27.0 Å². The number of hydrogen-bond donors (Lipinski definition) is 2. The molecule has 3 rings (SSSR count). The SMILES string of the molecule is CNCc1nc(Br)c(-c2ccc3[nH]c(=O)oc3c2)n1C. The van der Waals surface area contributed by atoms with Crippen LogP contribution in [0.4, 0.5) is 0 Å². The Balaban J connectivity index is 2.17. The Kier molecular flexibility index (Phi) is 3.23. The van der Waals surface area contributed by atoms with E-state index in [1.165, 1.54) is 0 Å². The van der Waals surface area contributed by atoms with E-state index >= 15 is 0 Å². The molecule has 0 aliphatic heterocycles. The summed E-state index contributed by atoms with van der Waals surface area (Å²) >= 11 is 3.48. The van der Waals surface area contributed by atoms with E-state index < -0.39 is 5.76 Å². The molecule has 2 heterocycles. The van der Waals surface area contributed by atoms with Gasteiger partial charge in [-0.05, 0) is 35.1 Å². The van der Waals surface area contributed by atoms with Gasteiger partial charge in [-0.15, -0.1) is 0 Å². The highest BCUT2D eigenvalue weighted by Crippen LogP contribution is 2.30. The molecular weight excluding hydrogens is 324 g/mol. The lowest BCUT2D eigenvalue weighted by Gasteiger charge is -2.06. The van der Waals surface area contributed by atoms with Crippen molar-refractivity contribution < 1.29 is 4.42 Å². The monoisotopic (exact) mass is 336 g/mol. The van der Waals surface area contributed by atoms with Gasteiger partial charge in [0.05, 0.1) is 17.8 Å². The molecule has 6 nitrogen and oxygen atoms in total. The van der Waals surface area contributed by atoms with E-state index in [4.69, 9.17) is 4.42 Å². The molecule has 20 heavy (non-hydrogen) atoms. The molecule has 0 fully saturated rings. The van der Waals surface area contributed by atoms with Crippen LogP contribution in [-0.4, -0.2) is 21.6 Å². The Bertz CT molecular complexity index is 831. The first-order valence-corrected chi connectivity index (χ1v) is 6.88. The Morgan fingerprint density at radius 1 is 1.50 bits per heavy atom. The number of nitrogens with one attached hydrogen (secondary N) is 2. The van der Waals surface area contributed by atoms with Gasteiger partial charge in [0.1, 0.15) is 10.4 Å². The van der Waals surface area contributed by atoms with Crippen molar-refractivity contribution in [1.29, 1.82) is 0 Å². The summed E-state index contributed by atoms with van der Waals surface area (Å²) in [6.45, 7) is 0.677. The number of halogens is 1. The summed E-state index contributed by atoms with van der Waals surface area (Å²) in [6.07, 6.45) is 0. The normalized spacial score (nSPS) is 11.3. The molecule has 104 valence electrons. The Labute approximate surface area is 122 Å². The van der Waals surface area contributed by atoms with Gasteiger partial charge in [0, 0.05) is 12.6 Å². The van der Waals surface area contributed by atoms with Crippen LogP contribution in [0.25, 0.3) is 22.4 Å². The second kappa shape index (κ2) is 4.92. The lowest BCUT2D eigenvalue weighted by atomic mass is 10.1. The number of rotatable bonds is 3. The second-order valence-electron chi connectivity index (χ2n) is 4.48. The van der Waals surface area contributed by atoms with Crippen LogP contribution in [0.5, 0.6) is 0 Å². The summed E-state index contributed by atoms with van der Waals surface area (Å²) in [5.74, 6) is 0.474. The second-order valence-corrected chi connectivity index (χ2v) is 5.23. The number of hydrogen-bond acceptors (Lipinski definition) is 4. The minimum Gasteiger partial charge on any atom is -0.408 e. The summed E-state index contributed by atoms with van der Waals surface area (Å²) in [6, 6.07) is 5.59. The number of benzene rings is 1. The molecule has 0 amide bonds. The third kappa shape index (κ3) is 2.08. The first-order chi connectivity index (χ1) is 9.60. The van der Waals surface area contributed by atoms with Crippen LogP contribution in [0.3, 0.4) is 0 Å². The standard InChI is InChI=1S/C13H13BrN4O2/c1-15-6-10-17-12(14)11(18(10)2)7-3-4-8-9(5-7)20-13(19)16-8/h3-5,15H,6H2,1-2H3,(H,16,19).